The predicted octanol–water partition coefficient (Wildman–Crippen LogP) is 1.54. The van der Waals surface area contributed by atoms with Crippen LogP contribution in [-0.4, -0.2) is 95.1 Å². The van der Waals surface area contributed by atoms with Gasteiger partial charge in [0.2, 0.25) is 0 Å². The van der Waals surface area contributed by atoms with Gasteiger partial charge in [-0.05, 0) is 61.5 Å². The zero-order chi connectivity index (χ0) is 26.8. The molecule has 0 amide bonds. The Balaban J connectivity index is 1.81. The molecule has 7 N–H and O–H groups in total. The fourth-order valence-electron chi connectivity index (χ4n) is 4.07. The average molecular weight is 513 g/mol. The molecule has 0 spiro atoms. The van der Waals surface area contributed by atoms with Crippen molar-refractivity contribution in [1.82, 2.24) is 0 Å². The maximum absolute atomic E-state index is 10.7. The fraction of sp³-hybridized carbons (Fsp3) is 0.370. The number of hydrogen-bond donors (Lipinski definition) is 7. The number of benzene rings is 2. The second-order valence-corrected chi connectivity index (χ2v) is 8.59. The molecular weight excluding hydrogens is 476 g/mol. The highest BCUT2D eigenvalue weighted by Crippen LogP contribution is 2.27. The summed E-state index contributed by atoms with van der Waals surface area (Å²) >= 11 is 0. The average Bonchev–Trinajstić information content (AvgIpc) is 2.91. The van der Waals surface area contributed by atoms with Crippen LogP contribution in [0.2, 0.25) is 0 Å². The van der Waals surface area contributed by atoms with Gasteiger partial charge in [0.1, 0.15) is 17.6 Å². The number of hydrogen-bond acceptors (Lipinski definition) is 10. The smallest absolute Gasteiger partial charge is 0.143 e. The third-order valence-corrected chi connectivity index (χ3v) is 6.08. The Bertz CT molecular complexity index is 1090. The Labute approximate surface area is 216 Å². The van der Waals surface area contributed by atoms with Crippen LogP contribution in [-0.2, 0) is 0 Å². The summed E-state index contributed by atoms with van der Waals surface area (Å²) in [6.07, 6.45) is 0.564. The lowest BCUT2D eigenvalue weighted by Gasteiger charge is -2.25. The SMILES string of the molecule is CC1=C(O)C(=Nc2ccc(N(CCO)CCO)cc2)C=C(Nc2ccc(N(CCO)CCO)cc2)C1O. The van der Waals surface area contributed by atoms with Crippen molar-refractivity contribution in [2.45, 2.75) is 13.0 Å². The second kappa shape index (κ2) is 13.8. The normalized spacial score (nSPS) is 16.6. The minimum atomic E-state index is -1.04. The van der Waals surface area contributed by atoms with Crippen LogP contribution < -0.4 is 15.1 Å². The summed E-state index contributed by atoms with van der Waals surface area (Å²) in [6.45, 7) is 3.13. The highest BCUT2D eigenvalue weighted by molar-refractivity contribution is 6.10. The van der Waals surface area contributed by atoms with Gasteiger partial charge in [-0.2, -0.15) is 0 Å². The maximum Gasteiger partial charge on any atom is 0.143 e. The number of nitrogens with one attached hydrogen (secondary N) is 1. The van der Waals surface area contributed by atoms with Gasteiger partial charge in [-0.25, -0.2) is 4.99 Å². The predicted molar refractivity (Wildman–Crippen MR) is 146 cm³/mol. The Morgan fingerprint density at radius 3 is 1.68 bits per heavy atom. The van der Waals surface area contributed by atoms with Crippen molar-refractivity contribution in [3.63, 3.8) is 0 Å². The Hall–Kier alpha value is -3.41. The van der Waals surface area contributed by atoms with E-state index in [1.54, 1.807) is 25.1 Å². The van der Waals surface area contributed by atoms with Gasteiger partial charge in [-0.3, -0.25) is 0 Å². The molecule has 37 heavy (non-hydrogen) atoms. The van der Waals surface area contributed by atoms with E-state index >= 15 is 0 Å². The van der Waals surface area contributed by atoms with Crippen LogP contribution in [0, 0.1) is 0 Å². The van der Waals surface area contributed by atoms with Gasteiger partial charge in [-0.15, -0.1) is 0 Å². The first-order valence-electron chi connectivity index (χ1n) is 12.2. The molecule has 0 radical (unpaired) electrons. The monoisotopic (exact) mass is 512 g/mol. The summed E-state index contributed by atoms with van der Waals surface area (Å²) in [5.74, 6) is -0.0942. The van der Waals surface area contributed by atoms with E-state index in [1.807, 2.05) is 46.2 Å². The van der Waals surface area contributed by atoms with E-state index in [-0.39, 0.29) is 32.2 Å². The van der Waals surface area contributed by atoms with Crippen molar-refractivity contribution in [1.29, 1.82) is 0 Å². The summed E-state index contributed by atoms with van der Waals surface area (Å²) in [4.78, 5) is 8.28. The Kier molecular flexibility index (Phi) is 10.5. The highest BCUT2D eigenvalue weighted by atomic mass is 16.3. The van der Waals surface area contributed by atoms with Crippen molar-refractivity contribution in [2.24, 2.45) is 4.99 Å². The highest BCUT2D eigenvalue weighted by Gasteiger charge is 2.25. The summed E-state index contributed by atoms with van der Waals surface area (Å²) in [5.41, 5.74) is 4.12. The number of allylic oxidation sites excluding steroid dienone is 1. The van der Waals surface area contributed by atoms with Crippen molar-refractivity contribution < 1.29 is 30.6 Å². The quantitative estimate of drug-likeness (QED) is 0.212. The minimum Gasteiger partial charge on any atom is -0.506 e. The van der Waals surface area contributed by atoms with Gasteiger partial charge in [0.05, 0.1) is 37.8 Å². The van der Waals surface area contributed by atoms with Gasteiger partial charge < -0.3 is 45.8 Å². The van der Waals surface area contributed by atoms with E-state index in [0.29, 0.717) is 54.5 Å². The number of rotatable bonds is 13. The molecule has 0 fully saturated rings. The molecule has 1 atom stereocenters. The van der Waals surface area contributed by atoms with Crippen molar-refractivity contribution in [3.05, 3.63) is 71.6 Å². The molecule has 3 rings (SSSR count). The molecule has 2 aromatic carbocycles. The molecule has 0 saturated carbocycles. The summed E-state index contributed by atoms with van der Waals surface area (Å²) in [7, 11) is 0. The molecular formula is C27H36N4O6. The van der Waals surface area contributed by atoms with E-state index in [9.17, 15) is 30.6 Å². The van der Waals surface area contributed by atoms with E-state index in [1.165, 1.54) is 0 Å². The Morgan fingerprint density at radius 2 is 1.22 bits per heavy atom. The van der Waals surface area contributed by atoms with Crippen LogP contribution in [0.3, 0.4) is 0 Å². The summed E-state index contributed by atoms with van der Waals surface area (Å²) < 4.78 is 0. The van der Waals surface area contributed by atoms with Gasteiger partial charge in [0.25, 0.3) is 0 Å². The van der Waals surface area contributed by atoms with E-state index in [0.717, 1.165) is 11.4 Å². The third kappa shape index (κ3) is 7.31. The summed E-state index contributed by atoms with van der Waals surface area (Å²) in [5, 5.41) is 61.6. The largest absolute Gasteiger partial charge is 0.506 e. The molecule has 1 aliphatic carbocycles. The third-order valence-electron chi connectivity index (χ3n) is 6.08. The standard InChI is InChI=1S/C27H36N4O6/c1-19-26(36)24(28-20-2-6-22(7-3-20)30(10-14-32)11-15-33)18-25(27(19)37)29-21-4-8-23(9-5-21)31(12-16-34)13-17-35/h2-9,18,26,28,32-37H,10-17H2,1H3. The number of aliphatic hydroxyl groups excluding tert-OH is 6. The zero-order valence-corrected chi connectivity index (χ0v) is 21.0. The number of aliphatic imine (C=N–C) groups is 1. The van der Waals surface area contributed by atoms with Crippen molar-refractivity contribution in [2.75, 3.05) is 67.7 Å². The van der Waals surface area contributed by atoms with Crippen molar-refractivity contribution >= 4 is 28.5 Å². The topological polar surface area (TPSA) is 152 Å². The van der Waals surface area contributed by atoms with Gasteiger partial charge in [0, 0.05) is 48.8 Å². The molecule has 200 valence electrons. The Morgan fingerprint density at radius 1 is 0.757 bits per heavy atom. The molecule has 2 aromatic rings. The minimum absolute atomic E-state index is 0.0252. The van der Waals surface area contributed by atoms with Crippen LogP contribution in [0.4, 0.5) is 22.7 Å². The molecule has 0 aromatic heterocycles. The van der Waals surface area contributed by atoms with E-state index < -0.39 is 6.10 Å². The van der Waals surface area contributed by atoms with Crippen molar-refractivity contribution in [3.8, 4) is 0 Å². The second-order valence-electron chi connectivity index (χ2n) is 8.59. The molecule has 0 bridgehead atoms. The molecule has 0 saturated heterocycles. The number of nitrogens with zero attached hydrogens (tertiary/aromatic N) is 3. The fourth-order valence-corrected chi connectivity index (χ4v) is 4.07. The lowest BCUT2D eigenvalue weighted by atomic mass is 9.97. The van der Waals surface area contributed by atoms with Gasteiger partial charge in [0.15, 0.2) is 0 Å². The molecule has 0 heterocycles. The van der Waals surface area contributed by atoms with E-state index in [2.05, 4.69) is 10.3 Å². The molecule has 0 aliphatic heterocycles. The molecule has 10 nitrogen and oxygen atoms in total. The first-order chi connectivity index (χ1) is 17.9. The number of aliphatic hydroxyl groups is 6. The van der Waals surface area contributed by atoms with Crippen LogP contribution in [0.5, 0.6) is 0 Å². The summed E-state index contributed by atoms with van der Waals surface area (Å²) in [6, 6.07) is 14.6. The first-order valence-corrected chi connectivity index (χ1v) is 12.2. The molecule has 1 aliphatic rings. The lowest BCUT2D eigenvalue weighted by Crippen LogP contribution is -2.29. The maximum atomic E-state index is 10.7. The van der Waals surface area contributed by atoms with Crippen LogP contribution in [0.25, 0.3) is 0 Å². The first kappa shape index (κ1) is 28.2. The van der Waals surface area contributed by atoms with Crippen LogP contribution in [0.1, 0.15) is 6.92 Å². The van der Waals surface area contributed by atoms with Gasteiger partial charge in [-0.1, -0.05) is 0 Å². The zero-order valence-electron chi connectivity index (χ0n) is 21.0. The van der Waals surface area contributed by atoms with E-state index in [4.69, 9.17) is 0 Å². The van der Waals surface area contributed by atoms with Crippen LogP contribution >= 0.6 is 0 Å². The lowest BCUT2D eigenvalue weighted by molar-refractivity contribution is 0.239. The number of anilines is 3. The molecule has 10 heteroatoms. The molecule has 1 unspecified atom stereocenters. The van der Waals surface area contributed by atoms with Gasteiger partial charge >= 0.3 is 0 Å². The van der Waals surface area contributed by atoms with Crippen LogP contribution in [0.15, 0.2) is 76.6 Å².